The zero-order valence-corrected chi connectivity index (χ0v) is 15.2. The molecule has 1 saturated carbocycles. The molecule has 0 aromatic heterocycles. The van der Waals surface area contributed by atoms with Crippen molar-refractivity contribution in [2.24, 2.45) is 17.8 Å². The molecule has 0 amide bonds. The van der Waals surface area contributed by atoms with Crippen LogP contribution in [0, 0.1) is 17.8 Å². The smallest absolute Gasteiger partial charge is 0.184 e. The average Bonchev–Trinajstić information content (AvgIpc) is 2.58. The molecular formula is C17H36OSi. The fraction of sp³-hybridized carbons (Fsp3) is 1.00. The molecule has 19 heavy (non-hydrogen) atoms. The lowest BCUT2D eigenvalue weighted by molar-refractivity contribution is 0.0909. The van der Waals surface area contributed by atoms with Crippen LogP contribution in [0.5, 0.6) is 0 Å². The molecule has 0 saturated heterocycles. The molecule has 0 aromatic rings. The van der Waals surface area contributed by atoms with Crippen LogP contribution >= 0.6 is 0 Å². The first-order chi connectivity index (χ1) is 8.92. The summed E-state index contributed by atoms with van der Waals surface area (Å²) in [6.07, 6.45) is 10.1. The molecule has 1 nitrogen and oxygen atoms in total. The van der Waals surface area contributed by atoms with E-state index in [0.717, 1.165) is 17.8 Å². The minimum absolute atomic E-state index is 0.572. The van der Waals surface area contributed by atoms with Gasteiger partial charge < -0.3 is 4.43 Å². The van der Waals surface area contributed by atoms with Gasteiger partial charge >= 0.3 is 0 Å². The Labute approximate surface area is 122 Å². The Morgan fingerprint density at radius 2 is 1.37 bits per heavy atom. The predicted octanol–water partition coefficient (Wildman–Crippen LogP) is 5.86. The van der Waals surface area contributed by atoms with E-state index in [4.69, 9.17) is 4.43 Å². The second-order valence-corrected chi connectivity index (χ2v) is 11.9. The second-order valence-electron chi connectivity index (χ2n) is 7.48. The summed E-state index contributed by atoms with van der Waals surface area (Å²) in [4.78, 5) is 0. The summed E-state index contributed by atoms with van der Waals surface area (Å²) in [6, 6.07) is 0. The van der Waals surface area contributed by atoms with E-state index < -0.39 is 8.32 Å². The van der Waals surface area contributed by atoms with Crippen molar-refractivity contribution < 1.29 is 4.43 Å². The van der Waals surface area contributed by atoms with Gasteiger partial charge in [0.05, 0.1) is 6.10 Å². The van der Waals surface area contributed by atoms with Crippen LogP contribution in [0.15, 0.2) is 0 Å². The minimum atomic E-state index is -1.42. The van der Waals surface area contributed by atoms with E-state index in [1.54, 1.807) is 0 Å². The van der Waals surface area contributed by atoms with Crippen molar-refractivity contribution in [3.8, 4) is 0 Å². The SMILES string of the molecule is CCCC1CC(CCC)C(O[Si](C)(C)C)C1CCC. The van der Waals surface area contributed by atoms with Crippen molar-refractivity contribution in [3.05, 3.63) is 0 Å². The molecular weight excluding hydrogens is 248 g/mol. The summed E-state index contributed by atoms with van der Waals surface area (Å²) in [6.45, 7) is 14.1. The van der Waals surface area contributed by atoms with Gasteiger partial charge in [0.1, 0.15) is 0 Å². The van der Waals surface area contributed by atoms with Gasteiger partial charge in [0.25, 0.3) is 0 Å². The molecule has 1 aliphatic rings. The number of hydrogen-bond donors (Lipinski definition) is 0. The van der Waals surface area contributed by atoms with E-state index >= 15 is 0 Å². The Morgan fingerprint density at radius 1 is 0.842 bits per heavy atom. The maximum absolute atomic E-state index is 6.64. The monoisotopic (exact) mass is 284 g/mol. The zero-order valence-electron chi connectivity index (χ0n) is 14.2. The Balaban J connectivity index is 2.81. The third-order valence-electron chi connectivity index (χ3n) is 4.53. The van der Waals surface area contributed by atoms with Crippen LogP contribution in [0.25, 0.3) is 0 Å². The van der Waals surface area contributed by atoms with E-state index in [9.17, 15) is 0 Å². The fourth-order valence-corrected chi connectivity index (χ4v) is 5.18. The highest BCUT2D eigenvalue weighted by molar-refractivity contribution is 6.69. The third kappa shape index (κ3) is 5.22. The van der Waals surface area contributed by atoms with Crippen LogP contribution in [-0.4, -0.2) is 14.4 Å². The standard InChI is InChI=1S/C17H36OSi/c1-7-10-14-13-15(11-8-2)17(16(14)12-9-3)18-19(4,5)6/h14-17H,7-13H2,1-6H3. The quantitative estimate of drug-likeness (QED) is 0.507. The van der Waals surface area contributed by atoms with Crippen LogP contribution in [-0.2, 0) is 4.43 Å². The van der Waals surface area contributed by atoms with Gasteiger partial charge in [-0.25, -0.2) is 0 Å². The molecule has 1 aliphatic carbocycles. The first-order valence-corrected chi connectivity index (χ1v) is 12.0. The lowest BCUT2D eigenvalue weighted by Gasteiger charge is -2.33. The molecule has 0 aliphatic heterocycles. The fourth-order valence-electron chi connectivity index (χ4n) is 4.00. The van der Waals surface area contributed by atoms with Crippen molar-refractivity contribution in [2.45, 2.75) is 91.5 Å². The Kier molecular flexibility index (Phi) is 7.10. The van der Waals surface area contributed by atoms with Gasteiger partial charge in [0.15, 0.2) is 8.32 Å². The Bertz CT molecular complexity index is 246. The van der Waals surface area contributed by atoms with Crippen molar-refractivity contribution in [3.63, 3.8) is 0 Å². The van der Waals surface area contributed by atoms with Crippen LogP contribution in [0.1, 0.15) is 65.7 Å². The number of rotatable bonds is 8. The molecule has 0 radical (unpaired) electrons. The topological polar surface area (TPSA) is 9.23 Å². The third-order valence-corrected chi connectivity index (χ3v) is 5.51. The van der Waals surface area contributed by atoms with Crippen molar-refractivity contribution in [1.82, 2.24) is 0 Å². The molecule has 4 atom stereocenters. The first kappa shape index (κ1) is 17.2. The van der Waals surface area contributed by atoms with Gasteiger partial charge in [-0.2, -0.15) is 0 Å². The first-order valence-electron chi connectivity index (χ1n) is 8.60. The molecule has 114 valence electrons. The summed E-state index contributed by atoms with van der Waals surface area (Å²) < 4.78 is 6.64. The van der Waals surface area contributed by atoms with Crippen LogP contribution in [0.2, 0.25) is 19.6 Å². The van der Waals surface area contributed by atoms with Crippen LogP contribution < -0.4 is 0 Å². The maximum atomic E-state index is 6.64. The molecule has 0 bridgehead atoms. The predicted molar refractivity (Wildman–Crippen MR) is 88.0 cm³/mol. The molecule has 1 rings (SSSR count). The van der Waals surface area contributed by atoms with E-state index in [2.05, 4.69) is 40.4 Å². The Morgan fingerprint density at radius 3 is 1.84 bits per heavy atom. The molecule has 0 heterocycles. The van der Waals surface area contributed by atoms with Crippen molar-refractivity contribution in [1.29, 1.82) is 0 Å². The largest absolute Gasteiger partial charge is 0.414 e. The lowest BCUT2D eigenvalue weighted by Crippen LogP contribution is -2.38. The minimum Gasteiger partial charge on any atom is -0.414 e. The highest BCUT2D eigenvalue weighted by atomic mass is 28.4. The summed E-state index contributed by atoms with van der Waals surface area (Å²) in [7, 11) is -1.42. The van der Waals surface area contributed by atoms with E-state index in [1.165, 1.54) is 44.9 Å². The highest BCUT2D eigenvalue weighted by Gasteiger charge is 2.43. The van der Waals surface area contributed by atoms with Gasteiger partial charge in [-0.15, -0.1) is 0 Å². The lowest BCUT2D eigenvalue weighted by atomic mass is 9.87. The molecule has 0 aromatic carbocycles. The number of hydrogen-bond acceptors (Lipinski definition) is 1. The van der Waals surface area contributed by atoms with Crippen LogP contribution in [0.3, 0.4) is 0 Å². The van der Waals surface area contributed by atoms with Gasteiger partial charge in [0, 0.05) is 0 Å². The summed E-state index contributed by atoms with van der Waals surface area (Å²) in [5, 5.41) is 0. The van der Waals surface area contributed by atoms with Crippen molar-refractivity contribution in [2.75, 3.05) is 0 Å². The van der Waals surface area contributed by atoms with Gasteiger partial charge in [-0.1, -0.05) is 46.5 Å². The molecule has 0 spiro atoms. The molecule has 2 heteroatoms. The van der Waals surface area contributed by atoms with E-state index in [1.807, 2.05) is 0 Å². The van der Waals surface area contributed by atoms with E-state index in [-0.39, 0.29) is 0 Å². The Hall–Kier alpha value is 0.177. The maximum Gasteiger partial charge on any atom is 0.184 e. The average molecular weight is 285 g/mol. The molecule has 4 unspecified atom stereocenters. The molecule has 0 N–H and O–H groups in total. The van der Waals surface area contributed by atoms with E-state index in [0.29, 0.717) is 6.10 Å². The van der Waals surface area contributed by atoms with Crippen LogP contribution in [0.4, 0.5) is 0 Å². The van der Waals surface area contributed by atoms with Gasteiger partial charge in [0.2, 0.25) is 0 Å². The normalized spacial score (nSPS) is 31.9. The highest BCUT2D eigenvalue weighted by Crippen LogP contribution is 2.46. The van der Waals surface area contributed by atoms with Gasteiger partial charge in [-0.3, -0.25) is 0 Å². The summed E-state index contributed by atoms with van der Waals surface area (Å²) in [5.41, 5.74) is 0. The molecule has 1 fully saturated rings. The second kappa shape index (κ2) is 7.83. The zero-order chi connectivity index (χ0) is 14.5. The summed E-state index contributed by atoms with van der Waals surface area (Å²) in [5.74, 6) is 2.61. The van der Waals surface area contributed by atoms with Gasteiger partial charge in [-0.05, 0) is 56.7 Å². The summed E-state index contributed by atoms with van der Waals surface area (Å²) >= 11 is 0. The van der Waals surface area contributed by atoms with Crippen molar-refractivity contribution >= 4 is 8.32 Å².